The van der Waals surface area contributed by atoms with Crippen LogP contribution in [0.15, 0.2) is 24.3 Å². The predicted molar refractivity (Wildman–Crippen MR) is 115 cm³/mol. The smallest absolute Gasteiger partial charge is 0.226 e. The second kappa shape index (κ2) is 8.53. The first-order chi connectivity index (χ1) is 14.4. The zero-order chi connectivity index (χ0) is 21.3. The Morgan fingerprint density at radius 3 is 2.50 bits per heavy atom. The zero-order valence-electron chi connectivity index (χ0n) is 18.1. The van der Waals surface area contributed by atoms with Crippen molar-refractivity contribution < 1.29 is 14.0 Å². The van der Waals surface area contributed by atoms with Crippen molar-refractivity contribution in [2.75, 3.05) is 44.2 Å². The molecule has 2 atom stereocenters. The molecule has 0 bridgehead atoms. The van der Waals surface area contributed by atoms with Crippen LogP contribution in [0.1, 0.15) is 39.5 Å². The third-order valence-corrected chi connectivity index (χ3v) is 7.34. The summed E-state index contributed by atoms with van der Waals surface area (Å²) in [6, 6.07) is 7.38. The number of nitrogens with one attached hydrogen (secondary N) is 1. The van der Waals surface area contributed by atoms with Crippen molar-refractivity contribution in [3.8, 4) is 0 Å². The van der Waals surface area contributed by atoms with Gasteiger partial charge in [0, 0.05) is 64.0 Å². The number of carbonyl (C=O) groups excluding carboxylic acids is 2. The van der Waals surface area contributed by atoms with Gasteiger partial charge in [-0.25, -0.2) is 4.39 Å². The molecule has 0 aliphatic carbocycles. The van der Waals surface area contributed by atoms with Crippen molar-refractivity contribution in [2.24, 2.45) is 5.41 Å². The van der Waals surface area contributed by atoms with Crippen LogP contribution in [-0.4, -0.2) is 73.0 Å². The summed E-state index contributed by atoms with van der Waals surface area (Å²) in [5, 5.41) is 3.24. The Morgan fingerprint density at radius 1 is 1.17 bits per heavy atom. The van der Waals surface area contributed by atoms with E-state index in [-0.39, 0.29) is 29.1 Å². The van der Waals surface area contributed by atoms with Crippen LogP contribution in [0.5, 0.6) is 0 Å². The molecule has 3 fully saturated rings. The third kappa shape index (κ3) is 4.31. The van der Waals surface area contributed by atoms with Gasteiger partial charge in [0.2, 0.25) is 11.8 Å². The van der Waals surface area contributed by atoms with E-state index < -0.39 is 0 Å². The number of benzene rings is 1. The van der Waals surface area contributed by atoms with E-state index >= 15 is 0 Å². The topological polar surface area (TPSA) is 55.9 Å². The number of halogens is 1. The molecule has 3 heterocycles. The standard InChI is InChI=1S/C23H33FN4O2/c1-17-16-28(21-5-3-19(24)4-6-21)14-13-26(17)10-7-20-15-23(22(30)25-20)8-11-27(12-9-23)18(2)29/h3-6,17,20H,7-16H2,1-2H3,(H,25,30)/t17-,20+/m1/s1. The minimum absolute atomic E-state index is 0.105. The van der Waals surface area contributed by atoms with E-state index in [2.05, 4.69) is 22.0 Å². The normalized spacial score (nSPS) is 26.8. The average molecular weight is 417 g/mol. The molecule has 3 aliphatic heterocycles. The van der Waals surface area contributed by atoms with Crippen LogP contribution < -0.4 is 10.2 Å². The molecule has 1 aromatic carbocycles. The summed E-state index contributed by atoms with van der Waals surface area (Å²) in [6.07, 6.45) is 3.41. The molecule has 0 unspecified atom stereocenters. The monoisotopic (exact) mass is 416 g/mol. The highest BCUT2D eigenvalue weighted by molar-refractivity contribution is 5.85. The van der Waals surface area contributed by atoms with E-state index in [9.17, 15) is 14.0 Å². The van der Waals surface area contributed by atoms with E-state index in [1.165, 1.54) is 12.1 Å². The molecule has 0 saturated carbocycles. The van der Waals surface area contributed by atoms with Gasteiger partial charge in [0.25, 0.3) is 0 Å². The van der Waals surface area contributed by atoms with Crippen LogP contribution in [0.3, 0.4) is 0 Å². The van der Waals surface area contributed by atoms with Gasteiger partial charge in [-0.3, -0.25) is 14.5 Å². The average Bonchev–Trinajstić information content (AvgIpc) is 3.03. The first-order valence-electron chi connectivity index (χ1n) is 11.2. The number of amides is 2. The number of likely N-dealkylation sites (tertiary alicyclic amines) is 1. The summed E-state index contributed by atoms with van der Waals surface area (Å²) in [7, 11) is 0. The largest absolute Gasteiger partial charge is 0.369 e. The summed E-state index contributed by atoms with van der Waals surface area (Å²) in [5.74, 6) is 0.0900. The van der Waals surface area contributed by atoms with Crippen LogP contribution >= 0.6 is 0 Å². The van der Waals surface area contributed by atoms with Gasteiger partial charge in [0.15, 0.2) is 0 Å². The Bertz CT molecular complexity index is 776. The maximum absolute atomic E-state index is 13.2. The number of piperazine rings is 1. The van der Waals surface area contributed by atoms with Crippen LogP contribution in [0.4, 0.5) is 10.1 Å². The third-order valence-electron chi connectivity index (χ3n) is 7.34. The number of anilines is 1. The summed E-state index contributed by atoms with van der Waals surface area (Å²) in [6.45, 7) is 9.02. The van der Waals surface area contributed by atoms with Crippen molar-refractivity contribution in [2.45, 2.75) is 51.6 Å². The van der Waals surface area contributed by atoms with Gasteiger partial charge in [-0.2, -0.15) is 0 Å². The van der Waals surface area contributed by atoms with E-state index in [1.807, 2.05) is 17.0 Å². The summed E-state index contributed by atoms with van der Waals surface area (Å²) >= 11 is 0. The Hall–Kier alpha value is -2.15. The molecule has 1 N–H and O–H groups in total. The summed E-state index contributed by atoms with van der Waals surface area (Å²) in [4.78, 5) is 31.0. The molecule has 30 heavy (non-hydrogen) atoms. The quantitative estimate of drug-likeness (QED) is 0.818. The highest BCUT2D eigenvalue weighted by Gasteiger charge is 2.48. The fourth-order valence-electron chi connectivity index (χ4n) is 5.34. The number of rotatable bonds is 4. The highest BCUT2D eigenvalue weighted by atomic mass is 19.1. The lowest BCUT2D eigenvalue weighted by atomic mass is 9.75. The van der Waals surface area contributed by atoms with Gasteiger partial charge in [-0.05, 0) is 56.9 Å². The minimum atomic E-state index is -0.274. The summed E-state index contributed by atoms with van der Waals surface area (Å²) < 4.78 is 13.2. The van der Waals surface area contributed by atoms with Crippen molar-refractivity contribution in [1.82, 2.24) is 15.1 Å². The van der Waals surface area contributed by atoms with Crippen molar-refractivity contribution in [3.05, 3.63) is 30.1 Å². The van der Waals surface area contributed by atoms with Gasteiger partial charge in [0.1, 0.15) is 5.82 Å². The number of nitrogens with zero attached hydrogens (tertiary/aromatic N) is 3. The van der Waals surface area contributed by atoms with Crippen LogP contribution in [-0.2, 0) is 9.59 Å². The van der Waals surface area contributed by atoms with Gasteiger partial charge in [-0.1, -0.05) is 0 Å². The van der Waals surface area contributed by atoms with E-state index in [1.54, 1.807) is 6.92 Å². The molecule has 6 nitrogen and oxygen atoms in total. The molecule has 1 aromatic rings. The van der Waals surface area contributed by atoms with E-state index in [0.717, 1.165) is 57.5 Å². The molecule has 164 valence electrons. The van der Waals surface area contributed by atoms with Crippen LogP contribution in [0, 0.1) is 11.2 Å². The van der Waals surface area contributed by atoms with Crippen molar-refractivity contribution in [1.29, 1.82) is 0 Å². The number of hydrogen-bond acceptors (Lipinski definition) is 4. The number of carbonyl (C=O) groups is 2. The van der Waals surface area contributed by atoms with Crippen molar-refractivity contribution >= 4 is 17.5 Å². The Balaban J connectivity index is 1.26. The van der Waals surface area contributed by atoms with Gasteiger partial charge in [-0.15, -0.1) is 0 Å². The van der Waals surface area contributed by atoms with Crippen molar-refractivity contribution in [3.63, 3.8) is 0 Å². The van der Waals surface area contributed by atoms with Crippen LogP contribution in [0.2, 0.25) is 0 Å². The van der Waals surface area contributed by atoms with E-state index in [0.29, 0.717) is 19.1 Å². The van der Waals surface area contributed by atoms with Gasteiger partial charge < -0.3 is 15.1 Å². The fraction of sp³-hybridized carbons (Fsp3) is 0.652. The Kier molecular flexibility index (Phi) is 6.00. The highest BCUT2D eigenvalue weighted by Crippen LogP contribution is 2.41. The molecule has 3 aliphatic rings. The second-order valence-electron chi connectivity index (χ2n) is 9.26. The summed E-state index contributed by atoms with van der Waals surface area (Å²) in [5.41, 5.74) is 0.800. The fourth-order valence-corrected chi connectivity index (χ4v) is 5.34. The predicted octanol–water partition coefficient (Wildman–Crippen LogP) is 2.24. The lowest BCUT2D eigenvalue weighted by molar-refractivity contribution is -0.136. The first kappa shape index (κ1) is 21.1. The molecule has 0 aromatic heterocycles. The van der Waals surface area contributed by atoms with E-state index in [4.69, 9.17) is 0 Å². The maximum Gasteiger partial charge on any atom is 0.226 e. The SMILES string of the molecule is CC(=O)N1CCC2(CC1)C[C@H](CCN1CCN(c3ccc(F)cc3)C[C@H]1C)NC2=O. The molecule has 7 heteroatoms. The zero-order valence-corrected chi connectivity index (χ0v) is 18.1. The van der Waals surface area contributed by atoms with Gasteiger partial charge in [0.05, 0.1) is 5.41 Å². The lowest BCUT2D eigenvalue weighted by Gasteiger charge is -2.41. The number of piperidine rings is 1. The van der Waals surface area contributed by atoms with Crippen LogP contribution in [0.25, 0.3) is 0 Å². The second-order valence-corrected chi connectivity index (χ2v) is 9.26. The minimum Gasteiger partial charge on any atom is -0.369 e. The molecule has 2 amide bonds. The number of hydrogen-bond donors (Lipinski definition) is 1. The molecular weight excluding hydrogens is 383 g/mol. The maximum atomic E-state index is 13.2. The Labute approximate surface area is 178 Å². The lowest BCUT2D eigenvalue weighted by Crippen LogP contribution is -2.52. The molecule has 1 spiro atoms. The van der Waals surface area contributed by atoms with Gasteiger partial charge >= 0.3 is 0 Å². The molecular formula is C23H33FN4O2. The molecule has 0 radical (unpaired) electrons. The Morgan fingerprint density at radius 2 is 1.87 bits per heavy atom. The first-order valence-corrected chi connectivity index (χ1v) is 11.2. The molecule has 4 rings (SSSR count). The molecule has 3 saturated heterocycles.